The van der Waals surface area contributed by atoms with Crippen LogP contribution >= 0.6 is 27.3 Å². The van der Waals surface area contributed by atoms with E-state index in [1.165, 1.54) is 15.6 Å². The molecule has 2 nitrogen and oxygen atoms in total. The van der Waals surface area contributed by atoms with Crippen LogP contribution in [-0.2, 0) is 0 Å². The van der Waals surface area contributed by atoms with Gasteiger partial charge < -0.3 is 9.73 Å². The van der Waals surface area contributed by atoms with Crippen molar-refractivity contribution in [2.75, 3.05) is 7.05 Å². The van der Waals surface area contributed by atoms with Crippen LogP contribution in [0.15, 0.2) is 44.6 Å². The molecule has 1 N–H and O–H groups in total. The normalized spacial score (nSPS) is 13.0. The van der Waals surface area contributed by atoms with Crippen LogP contribution in [0, 0.1) is 6.92 Å². The van der Waals surface area contributed by atoms with Crippen LogP contribution in [0.2, 0.25) is 0 Å². The Morgan fingerprint density at radius 2 is 2.11 bits per heavy atom. The molecule has 1 aromatic carbocycles. The maximum Gasteiger partial charge on any atom is 0.125 e. The molecular weight excluding hydrogens is 322 g/mol. The molecule has 98 valence electrons. The molecule has 0 spiro atoms. The van der Waals surface area contributed by atoms with Gasteiger partial charge in [0.15, 0.2) is 0 Å². The minimum absolute atomic E-state index is 0.0942. The molecule has 0 radical (unpaired) electrons. The Morgan fingerprint density at radius 3 is 2.79 bits per heavy atom. The van der Waals surface area contributed by atoms with Crippen LogP contribution in [0.1, 0.15) is 23.1 Å². The number of thiophene rings is 1. The van der Waals surface area contributed by atoms with Crippen LogP contribution in [0.4, 0.5) is 0 Å². The molecule has 19 heavy (non-hydrogen) atoms. The molecule has 0 bridgehead atoms. The Hall–Kier alpha value is -1.10. The smallest absolute Gasteiger partial charge is 0.125 e. The number of fused-ring (bicyclic) bond motifs is 1. The number of halogens is 1. The van der Waals surface area contributed by atoms with E-state index in [1.54, 1.807) is 11.3 Å². The van der Waals surface area contributed by atoms with Crippen LogP contribution < -0.4 is 5.32 Å². The molecule has 3 rings (SSSR count). The SMILES string of the molecule is CNC(c1ccc(C)o1)c1csc2c(Br)cccc12. The fraction of sp³-hybridized carbons (Fsp3) is 0.200. The number of rotatable bonds is 3. The fourth-order valence-corrected chi connectivity index (χ4v) is 3.97. The summed E-state index contributed by atoms with van der Waals surface area (Å²) in [6, 6.07) is 10.4. The Bertz CT molecular complexity index is 716. The zero-order valence-corrected chi connectivity index (χ0v) is 13.1. The zero-order chi connectivity index (χ0) is 13.4. The van der Waals surface area contributed by atoms with Gasteiger partial charge in [0, 0.05) is 9.17 Å². The van der Waals surface area contributed by atoms with Crippen LogP contribution in [0.3, 0.4) is 0 Å². The molecule has 0 saturated heterocycles. The molecule has 1 unspecified atom stereocenters. The van der Waals surface area contributed by atoms with Gasteiger partial charge >= 0.3 is 0 Å². The topological polar surface area (TPSA) is 25.2 Å². The van der Waals surface area contributed by atoms with Crippen molar-refractivity contribution in [1.82, 2.24) is 5.32 Å². The molecule has 3 aromatic rings. The van der Waals surface area contributed by atoms with Gasteiger partial charge in [-0.15, -0.1) is 11.3 Å². The maximum atomic E-state index is 5.77. The summed E-state index contributed by atoms with van der Waals surface area (Å²) in [6.07, 6.45) is 0. The third-order valence-electron chi connectivity index (χ3n) is 3.23. The number of hydrogen-bond donors (Lipinski definition) is 1. The number of hydrogen-bond acceptors (Lipinski definition) is 3. The average molecular weight is 336 g/mol. The predicted octanol–water partition coefficient (Wildman–Crippen LogP) is 4.87. The van der Waals surface area contributed by atoms with E-state index in [1.807, 2.05) is 26.1 Å². The number of aryl methyl sites for hydroxylation is 1. The monoisotopic (exact) mass is 335 g/mol. The Kier molecular flexibility index (Phi) is 3.48. The molecule has 4 heteroatoms. The molecule has 1 atom stereocenters. The molecule has 0 aliphatic heterocycles. The summed E-state index contributed by atoms with van der Waals surface area (Å²) in [5, 5.41) is 6.82. The lowest BCUT2D eigenvalue weighted by molar-refractivity contribution is 0.445. The van der Waals surface area contributed by atoms with E-state index in [9.17, 15) is 0 Å². The van der Waals surface area contributed by atoms with Gasteiger partial charge in [-0.3, -0.25) is 0 Å². The quantitative estimate of drug-likeness (QED) is 0.738. The Morgan fingerprint density at radius 1 is 1.26 bits per heavy atom. The highest BCUT2D eigenvalue weighted by atomic mass is 79.9. The number of nitrogens with one attached hydrogen (secondary N) is 1. The first-order valence-electron chi connectivity index (χ1n) is 6.10. The van der Waals surface area contributed by atoms with Gasteiger partial charge in [0.1, 0.15) is 11.5 Å². The van der Waals surface area contributed by atoms with E-state index in [0.29, 0.717) is 0 Å². The summed E-state index contributed by atoms with van der Waals surface area (Å²) in [7, 11) is 1.96. The fourth-order valence-electron chi connectivity index (χ4n) is 2.32. The first-order chi connectivity index (χ1) is 9.20. The molecular formula is C15H14BrNOS. The van der Waals surface area contributed by atoms with Crippen LogP contribution in [-0.4, -0.2) is 7.05 Å². The van der Waals surface area contributed by atoms with E-state index in [2.05, 4.69) is 44.8 Å². The second-order valence-electron chi connectivity index (χ2n) is 4.48. The highest BCUT2D eigenvalue weighted by Gasteiger charge is 2.19. The van der Waals surface area contributed by atoms with Gasteiger partial charge in [0.05, 0.1) is 6.04 Å². The van der Waals surface area contributed by atoms with Crippen molar-refractivity contribution in [2.45, 2.75) is 13.0 Å². The van der Waals surface area contributed by atoms with Gasteiger partial charge in [-0.05, 0) is 64.4 Å². The standard InChI is InChI=1S/C15H14BrNOS/c1-9-6-7-13(18-9)14(17-2)11-8-19-15-10(11)4-3-5-12(15)16/h3-8,14,17H,1-2H3. The zero-order valence-electron chi connectivity index (χ0n) is 10.7. The van der Waals surface area contributed by atoms with E-state index in [4.69, 9.17) is 4.42 Å². The summed E-state index contributed by atoms with van der Waals surface area (Å²) in [6.45, 7) is 1.97. The lowest BCUT2D eigenvalue weighted by atomic mass is 10.0. The van der Waals surface area contributed by atoms with Crippen LogP contribution in [0.25, 0.3) is 10.1 Å². The van der Waals surface area contributed by atoms with Crippen molar-refractivity contribution < 1.29 is 4.42 Å². The molecule has 2 heterocycles. The van der Waals surface area contributed by atoms with Gasteiger partial charge in [-0.1, -0.05) is 12.1 Å². The summed E-state index contributed by atoms with van der Waals surface area (Å²) in [4.78, 5) is 0. The molecule has 2 aromatic heterocycles. The first kappa shape index (κ1) is 12.9. The van der Waals surface area contributed by atoms with Crippen molar-refractivity contribution in [2.24, 2.45) is 0 Å². The van der Waals surface area contributed by atoms with E-state index < -0.39 is 0 Å². The number of furan rings is 1. The summed E-state index contributed by atoms with van der Waals surface area (Å²) in [5.74, 6) is 1.90. The average Bonchev–Trinajstić information content (AvgIpc) is 2.99. The largest absolute Gasteiger partial charge is 0.464 e. The second kappa shape index (κ2) is 5.12. The molecule has 0 saturated carbocycles. The Labute approximate surface area is 124 Å². The molecule has 0 aliphatic rings. The van der Waals surface area contributed by atoms with E-state index in [-0.39, 0.29) is 6.04 Å². The van der Waals surface area contributed by atoms with Crippen LogP contribution in [0.5, 0.6) is 0 Å². The van der Waals surface area contributed by atoms with Crippen molar-refractivity contribution in [3.63, 3.8) is 0 Å². The lowest BCUT2D eigenvalue weighted by Gasteiger charge is -2.13. The van der Waals surface area contributed by atoms with Gasteiger partial charge in [-0.2, -0.15) is 0 Å². The van der Waals surface area contributed by atoms with Gasteiger partial charge in [0.2, 0.25) is 0 Å². The van der Waals surface area contributed by atoms with E-state index >= 15 is 0 Å². The summed E-state index contributed by atoms with van der Waals surface area (Å²) >= 11 is 5.37. The van der Waals surface area contributed by atoms with Gasteiger partial charge in [0.25, 0.3) is 0 Å². The highest BCUT2D eigenvalue weighted by Crippen LogP contribution is 2.37. The third-order valence-corrected chi connectivity index (χ3v) is 5.20. The highest BCUT2D eigenvalue weighted by molar-refractivity contribution is 9.10. The Balaban J connectivity index is 2.14. The second-order valence-corrected chi connectivity index (χ2v) is 6.21. The lowest BCUT2D eigenvalue weighted by Crippen LogP contribution is -2.16. The number of benzene rings is 1. The maximum absolute atomic E-state index is 5.77. The minimum Gasteiger partial charge on any atom is -0.464 e. The third kappa shape index (κ3) is 2.24. The van der Waals surface area contributed by atoms with Crippen molar-refractivity contribution in [3.05, 3.63) is 57.3 Å². The first-order valence-corrected chi connectivity index (χ1v) is 7.77. The van der Waals surface area contributed by atoms with E-state index in [0.717, 1.165) is 16.0 Å². The minimum atomic E-state index is 0.0942. The van der Waals surface area contributed by atoms with Crippen molar-refractivity contribution in [3.8, 4) is 0 Å². The van der Waals surface area contributed by atoms with Crippen molar-refractivity contribution >= 4 is 37.4 Å². The molecule has 0 amide bonds. The predicted molar refractivity (Wildman–Crippen MR) is 83.9 cm³/mol. The summed E-state index contributed by atoms with van der Waals surface area (Å²) < 4.78 is 8.19. The molecule has 0 fully saturated rings. The van der Waals surface area contributed by atoms with Gasteiger partial charge in [-0.25, -0.2) is 0 Å². The summed E-state index contributed by atoms with van der Waals surface area (Å²) in [5.41, 5.74) is 1.26. The van der Waals surface area contributed by atoms with Crippen molar-refractivity contribution in [1.29, 1.82) is 0 Å². The molecule has 0 aliphatic carbocycles.